The van der Waals surface area contributed by atoms with Gasteiger partial charge in [-0.25, -0.2) is 13.6 Å². The van der Waals surface area contributed by atoms with Gasteiger partial charge in [0, 0.05) is 31.4 Å². The fraction of sp³-hybridized carbons (Fsp3) is 0.130. The van der Waals surface area contributed by atoms with Gasteiger partial charge in [0.05, 0.1) is 16.3 Å². The monoisotopic (exact) mass is 499 g/mol. The highest BCUT2D eigenvalue weighted by Crippen LogP contribution is 2.34. The van der Waals surface area contributed by atoms with Gasteiger partial charge in [0.15, 0.2) is 0 Å². The number of thioether (sulfide) groups is 1. The quantitative estimate of drug-likeness (QED) is 0.403. The van der Waals surface area contributed by atoms with E-state index in [2.05, 4.69) is 0 Å². The first-order chi connectivity index (χ1) is 15.6. The third-order valence-corrected chi connectivity index (χ3v) is 7.34. The van der Waals surface area contributed by atoms with Crippen LogP contribution in [-0.2, 0) is 21.4 Å². The second-order valence-corrected chi connectivity index (χ2v) is 10.8. The van der Waals surface area contributed by atoms with Crippen LogP contribution in [0.15, 0.2) is 74.9 Å². The average Bonchev–Trinajstić information content (AvgIpc) is 3.34. The standard InChI is InChI=1S/C23H21N3O4S3/c1-25(2)17-7-3-15(4-8-17)14-26-22(27)21(32-23(26)31)13-18-9-12-20(30-18)16-5-10-19(11-6-16)33(24,28)29/h3-13H,14H2,1-2H3,(H2,24,28,29). The number of thiocarbonyl (C=S) groups is 1. The van der Waals surface area contributed by atoms with Crippen LogP contribution < -0.4 is 10.0 Å². The van der Waals surface area contributed by atoms with Gasteiger partial charge in [-0.15, -0.1) is 0 Å². The Kier molecular flexibility index (Phi) is 6.44. The Morgan fingerprint density at radius 1 is 1.06 bits per heavy atom. The second-order valence-electron chi connectivity index (χ2n) is 7.60. The van der Waals surface area contributed by atoms with Crippen molar-refractivity contribution in [3.8, 4) is 11.3 Å². The van der Waals surface area contributed by atoms with Crippen molar-refractivity contribution in [3.05, 3.63) is 76.9 Å². The number of carbonyl (C=O) groups is 1. The van der Waals surface area contributed by atoms with Crippen LogP contribution in [0.25, 0.3) is 17.4 Å². The number of nitrogens with zero attached hydrogens (tertiary/aromatic N) is 2. The van der Waals surface area contributed by atoms with E-state index < -0.39 is 10.0 Å². The summed E-state index contributed by atoms with van der Waals surface area (Å²) in [5, 5.41) is 5.13. The zero-order valence-electron chi connectivity index (χ0n) is 17.9. The van der Waals surface area contributed by atoms with Gasteiger partial charge in [0.2, 0.25) is 10.0 Å². The van der Waals surface area contributed by atoms with Crippen molar-refractivity contribution in [2.45, 2.75) is 11.4 Å². The number of hydrogen-bond donors (Lipinski definition) is 1. The van der Waals surface area contributed by atoms with Gasteiger partial charge in [0.1, 0.15) is 15.8 Å². The lowest BCUT2D eigenvalue weighted by Crippen LogP contribution is -2.27. The number of carbonyl (C=O) groups excluding carboxylic acids is 1. The number of rotatable bonds is 6. The smallest absolute Gasteiger partial charge is 0.266 e. The lowest BCUT2D eigenvalue weighted by atomic mass is 10.2. The highest BCUT2D eigenvalue weighted by molar-refractivity contribution is 8.26. The van der Waals surface area contributed by atoms with E-state index in [9.17, 15) is 13.2 Å². The molecule has 0 radical (unpaired) electrons. The van der Waals surface area contributed by atoms with Gasteiger partial charge >= 0.3 is 0 Å². The van der Waals surface area contributed by atoms with Crippen LogP contribution in [0.1, 0.15) is 11.3 Å². The predicted octanol–water partition coefficient (Wildman–Crippen LogP) is 4.06. The normalized spacial score (nSPS) is 15.5. The van der Waals surface area contributed by atoms with E-state index in [4.69, 9.17) is 21.8 Å². The largest absolute Gasteiger partial charge is 0.457 e. The number of sulfonamides is 1. The number of primary sulfonamides is 1. The highest BCUT2D eigenvalue weighted by Gasteiger charge is 2.32. The third-order valence-electron chi connectivity index (χ3n) is 5.03. The van der Waals surface area contributed by atoms with E-state index in [1.165, 1.54) is 23.9 Å². The molecule has 1 saturated heterocycles. The van der Waals surface area contributed by atoms with Crippen molar-refractivity contribution >= 4 is 56.0 Å². The predicted molar refractivity (Wildman–Crippen MR) is 135 cm³/mol. The lowest BCUT2D eigenvalue weighted by molar-refractivity contribution is -0.122. The van der Waals surface area contributed by atoms with Gasteiger partial charge < -0.3 is 9.32 Å². The number of amides is 1. The van der Waals surface area contributed by atoms with Crippen LogP contribution in [0.4, 0.5) is 5.69 Å². The Morgan fingerprint density at radius 3 is 2.33 bits per heavy atom. The summed E-state index contributed by atoms with van der Waals surface area (Å²) in [5.74, 6) is 0.868. The molecule has 0 unspecified atom stereocenters. The first kappa shape index (κ1) is 23.2. The summed E-state index contributed by atoms with van der Waals surface area (Å²) in [4.78, 5) is 17.0. The molecule has 2 N–H and O–H groups in total. The molecule has 33 heavy (non-hydrogen) atoms. The third kappa shape index (κ3) is 5.19. The Labute approximate surface area is 201 Å². The van der Waals surface area contributed by atoms with Gasteiger partial charge in [-0.05, 0) is 54.1 Å². The molecule has 2 aromatic carbocycles. The van der Waals surface area contributed by atoms with Crippen molar-refractivity contribution in [2.75, 3.05) is 19.0 Å². The molecule has 0 saturated carbocycles. The molecule has 7 nitrogen and oxygen atoms in total. The zero-order chi connectivity index (χ0) is 23.8. The molecule has 10 heteroatoms. The minimum atomic E-state index is -3.76. The van der Waals surface area contributed by atoms with E-state index in [-0.39, 0.29) is 10.8 Å². The molecule has 0 aliphatic carbocycles. The molecule has 1 fully saturated rings. The molecule has 0 atom stereocenters. The average molecular weight is 500 g/mol. The Bertz CT molecular complexity index is 1340. The molecule has 170 valence electrons. The van der Waals surface area contributed by atoms with Crippen LogP contribution >= 0.6 is 24.0 Å². The highest BCUT2D eigenvalue weighted by atomic mass is 32.2. The number of anilines is 1. The Balaban J connectivity index is 1.49. The van der Waals surface area contributed by atoms with Crippen LogP contribution in [0.3, 0.4) is 0 Å². The maximum atomic E-state index is 12.9. The summed E-state index contributed by atoms with van der Waals surface area (Å²) in [6.45, 7) is 0.398. The summed E-state index contributed by atoms with van der Waals surface area (Å²) in [7, 11) is 0.190. The van der Waals surface area contributed by atoms with Gasteiger partial charge in [-0.3, -0.25) is 9.69 Å². The molecule has 1 aromatic heterocycles. The van der Waals surface area contributed by atoms with E-state index in [1.807, 2.05) is 43.3 Å². The van der Waals surface area contributed by atoms with E-state index in [0.29, 0.717) is 32.9 Å². The van der Waals surface area contributed by atoms with Crippen LogP contribution in [0.5, 0.6) is 0 Å². The van der Waals surface area contributed by atoms with Gasteiger partial charge in [-0.2, -0.15) is 0 Å². The summed E-state index contributed by atoms with van der Waals surface area (Å²) in [5.41, 5.74) is 2.76. The van der Waals surface area contributed by atoms with Crippen molar-refractivity contribution < 1.29 is 17.6 Å². The fourth-order valence-corrected chi connectivity index (χ4v) is 4.99. The van der Waals surface area contributed by atoms with E-state index in [1.54, 1.807) is 35.2 Å². The maximum Gasteiger partial charge on any atom is 0.266 e. The summed E-state index contributed by atoms with van der Waals surface area (Å²) in [6, 6.07) is 17.5. The molecule has 3 aromatic rings. The first-order valence-corrected chi connectivity index (χ1v) is 12.6. The van der Waals surface area contributed by atoms with Crippen LogP contribution in [-0.4, -0.2) is 37.6 Å². The summed E-state index contributed by atoms with van der Waals surface area (Å²) < 4.78 is 29.2. The zero-order valence-corrected chi connectivity index (χ0v) is 20.3. The van der Waals surface area contributed by atoms with Crippen molar-refractivity contribution in [3.63, 3.8) is 0 Å². The van der Waals surface area contributed by atoms with Crippen LogP contribution in [0, 0.1) is 0 Å². The minimum Gasteiger partial charge on any atom is -0.457 e. The molecule has 2 heterocycles. The van der Waals surface area contributed by atoms with Gasteiger partial charge in [0.25, 0.3) is 5.91 Å². The Hall–Kier alpha value is -2.92. The number of furan rings is 1. The van der Waals surface area contributed by atoms with Crippen molar-refractivity contribution in [1.82, 2.24) is 4.90 Å². The topological polar surface area (TPSA) is 96.9 Å². The number of nitrogens with two attached hydrogens (primary N) is 1. The molecule has 0 bridgehead atoms. The molecule has 1 aliphatic rings. The molecule has 1 amide bonds. The summed E-state index contributed by atoms with van der Waals surface area (Å²) >= 11 is 6.66. The first-order valence-electron chi connectivity index (χ1n) is 9.86. The molecular formula is C23H21N3O4S3. The van der Waals surface area contributed by atoms with E-state index >= 15 is 0 Å². The SMILES string of the molecule is CN(C)c1ccc(CN2C(=O)C(=Cc3ccc(-c4ccc(S(N)(=O)=O)cc4)o3)SC2=S)cc1. The Morgan fingerprint density at radius 2 is 1.73 bits per heavy atom. The number of hydrogen-bond acceptors (Lipinski definition) is 7. The van der Waals surface area contributed by atoms with E-state index in [0.717, 1.165) is 11.3 Å². The molecule has 4 rings (SSSR count). The minimum absolute atomic E-state index is 0.0260. The van der Waals surface area contributed by atoms with Crippen molar-refractivity contribution in [2.24, 2.45) is 5.14 Å². The van der Waals surface area contributed by atoms with Crippen molar-refractivity contribution in [1.29, 1.82) is 0 Å². The lowest BCUT2D eigenvalue weighted by Gasteiger charge is -2.16. The second kappa shape index (κ2) is 9.14. The number of benzene rings is 2. The molecule has 1 aliphatic heterocycles. The maximum absolute atomic E-state index is 12.9. The molecule has 0 spiro atoms. The molecular weight excluding hydrogens is 478 g/mol. The fourth-order valence-electron chi connectivity index (χ4n) is 3.24. The summed E-state index contributed by atoms with van der Waals surface area (Å²) in [6.07, 6.45) is 1.66. The van der Waals surface area contributed by atoms with Crippen LogP contribution in [0.2, 0.25) is 0 Å². The van der Waals surface area contributed by atoms with Gasteiger partial charge in [-0.1, -0.05) is 36.1 Å².